The third-order valence-corrected chi connectivity index (χ3v) is 7.88. The molecule has 2 aromatic heterocycles. The van der Waals surface area contributed by atoms with Gasteiger partial charge in [0.05, 0.1) is 30.0 Å². The molecule has 3 aliphatic heterocycles. The molecule has 0 saturated carbocycles. The number of piperidine rings is 1. The number of hydrogen-bond acceptors (Lipinski definition) is 7. The third kappa shape index (κ3) is 3.30. The van der Waals surface area contributed by atoms with E-state index in [1.807, 2.05) is 12.1 Å². The first-order chi connectivity index (χ1) is 16.6. The number of allylic oxidation sites excluding steroid dienone is 2. The Morgan fingerprint density at radius 3 is 2.88 bits per heavy atom. The van der Waals surface area contributed by atoms with Gasteiger partial charge >= 0.3 is 0 Å². The summed E-state index contributed by atoms with van der Waals surface area (Å²) in [5, 5.41) is 13.8. The second kappa shape index (κ2) is 8.19. The molecule has 0 spiro atoms. The summed E-state index contributed by atoms with van der Waals surface area (Å²) in [6, 6.07) is 8.70. The predicted molar refractivity (Wildman–Crippen MR) is 131 cm³/mol. The zero-order valence-electron chi connectivity index (χ0n) is 19.8. The maximum Gasteiger partial charge on any atom is 0.142 e. The highest BCUT2D eigenvalue weighted by molar-refractivity contribution is 5.74. The number of ether oxygens (including phenoxy) is 1. The summed E-state index contributed by atoms with van der Waals surface area (Å²) in [6.07, 6.45) is 8.54. The lowest BCUT2D eigenvalue weighted by Gasteiger charge is -2.42. The maximum atomic E-state index is 9.44. The van der Waals surface area contributed by atoms with Crippen LogP contribution in [0.4, 0.5) is 5.69 Å². The second-order valence-corrected chi connectivity index (χ2v) is 9.80. The van der Waals surface area contributed by atoms with Crippen molar-refractivity contribution in [1.82, 2.24) is 19.4 Å². The van der Waals surface area contributed by atoms with Crippen LogP contribution in [0.1, 0.15) is 25.5 Å². The first-order valence-corrected chi connectivity index (χ1v) is 12.1. The van der Waals surface area contributed by atoms with Crippen molar-refractivity contribution < 1.29 is 4.74 Å². The highest BCUT2D eigenvalue weighted by Gasteiger charge is 2.37. The average Bonchev–Trinajstić information content (AvgIpc) is 3.49. The third-order valence-electron chi connectivity index (χ3n) is 7.88. The summed E-state index contributed by atoms with van der Waals surface area (Å²) in [5.74, 6) is 0. The van der Waals surface area contributed by atoms with Crippen molar-refractivity contribution >= 4 is 11.2 Å². The number of fused-ring (bicyclic) bond motifs is 3. The van der Waals surface area contributed by atoms with Gasteiger partial charge in [-0.3, -0.25) is 0 Å². The first-order valence-electron chi connectivity index (χ1n) is 12.1. The summed E-state index contributed by atoms with van der Waals surface area (Å²) < 4.78 is 7.38. The number of aromatic nitrogens is 2. The van der Waals surface area contributed by atoms with Crippen LogP contribution >= 0.6 is 0 Å². The van der Waals surface area contributed by atoms with E-state index in [2.05, 4.69) is 51.0 Å². The van der Waals surface area contributed by atoms with Crippen molar-refractivity contribution in [3.05, 3.63) is 64.8 Å². The summed E-state index contributed by atoms with van der Waals surface area (Å²) in [4.78, 5) is 7.46. The van der Waals surface area contributed by atoms with Gasteiger partial charge < -0.3 is 25.2 Å². The minimum Gasteiger partial charge on any atom is -0.378 e. The fourth-order valence-corrected chi connectivity index (χ4v) is 6.01. The molecular weight excluding hydrogens is 426 g/mol. The van der Waals surface area contributed by atoms with E-state index in [-0.39, 0.29) is 12.1 Å². The van der Waals surface area contributed by atoms with Gasteiger partial charge in [0.25, 0.3) is 0 Å². The molecule has 8 heteroatoms. The van der Waals surface area contributed by atoms with Gasteiger partial charge in [0.2, 0.25) is 0 Å². The number of nitriles is 1. The van der Waals surface area contributed by atoms with E-state index in [0.717, 1.165) is 56.8 Å². The average molecular weight is 458 g/mol. The summed E-state index contributed by atoms with van der Waals surface area (Å²) >= 11 is 0. The van der Waals surface area contributed by atoms with Crippen molar-refractivity contribution in [3.63, 3.8) is 0 Å². The van der Waals surface area contributed by atoms with E-state index in [4.69, 9.17) is 10.5 Å². The van der Waals surface area contributed by atoms with E-state index < -0.39 is 0 Å². The number of nitrogens with two attached hydrogens (primary N) is 1. The molecule has 0 bridgehead atoms. The van der Waals surface area contributed by atoms with E-state index in [9.17, 15) is 5.26 Å². The van der Waals surface area contributed by atoms with Crippen LogP contribution in [0.25, 0.3) is 5.52 Å². The Kier molecular flexibility index (Phi) is 5.12. The van der Waals surface area contributed by atoms with Crippen molar-refractivity contribution in [2.45, 2.75) is 38.0 Å². The number of methoxy groups -OCH3 is 1. The lowest BCUT2D eigenvalue weighted by atomic mass is 9.95. The lowest BCUT2D eigenvalue weighted by molar-refractivity contribution is 0.0290. The van der Waals surface area contributed by atoms with Crippen LogP contribution in [-0.2, 0) is 4.74 Å². The summed E-state index contributed by atoms with van der Waals surface area (Å²) in [6.45, 7) is 6.94. The van der Waals surface area contributed by atoms with Crippen LogP contribution in [0.5, 0.6) is 0 Å². The fourth-order valence-electron chi connectivity index (χ4n) is 6.01. The van der Waals surface area contributed by atoms with Crippen LogP contribution < -0.4 is 10.6 Å². The zero-order chi connectivity index (χ0) is 23.4. The van der Waals surface area contributed by atoms with Gasteiger partial charge in [-0.15, -0.1) is 0 Å². The highest BCUT2D eigenvalue weighted by Crippen LogP contribution is 2.40. The van der Waals surface area contributed by atoms with Gasteiger partial charge in [-0.2, -0.15) is 10.4 Å². The largest absolute Gasteiger partial charge is 0.378 e. The molecule has 4 aliphatic rings. The Balaban J connectivity index is 1.28. The van der Waals surface area contributed by atoms with Gasteiger partial charge in [0.1, 0.15) is 11.8 Å². The molecule has 8 nitrogen and oxygen atoms in total. The fraction of sp³-hybridized carbons (Fsp3) is 0.462. The van der Waals surface area contributed by atoms with Gasteiger partial charge in [0, 0.05) is 56.8 Å². The van der Waals surface area contributed by atoms with Crippen LogP contribution in [-0.4, -0.2) is 77.4 Å². The molecule has 176 valence electrons. The quantitative estimate of drug-likeness (QED) is 0.757. The Morgan fingerprint density at radius 2 is 2.06 bits per heavy atom. The molecule has 2 saturated heterocycles. The van der Waals surface area contributed by atoms with Crippen LogP contribution in [0.15, 0.2) is 59.1 Å². The number of pyridine rings is 1. The smallest absolute Gasteiger partial charge is 0.142 e. The number of hydrogen-bond donors (Lipinski definition) is 1. The molecule has 3 atom stereocenters. The summed E-state index contributed by atoms with van der Waals surface area (Å²) in [5.41, 5.74) is 14.6. The minimum absolute atomic E-state index is 0.0871. The van der Waals surface area contributed by atoms with Crippen molar-refractivity contribution in [3.8, 4) is 6.07 Å². The summed E-state index contributed by atoms with van der Waals surface area (Å²) in [7, 11) is 1.76. The first kappa shape index (κ1) is 21.3. The molecule has 0 aromatic carbocycles. The Labute approximate surface area is 200 Å². The van der Waals surface area contributed by atoms with E-state index in [1.54, 1.807) is 17.8 Å². The lowest BCUT2D eigenvalue weighted by Crippen LogP contribution is -2.50. The molecule has 0 amide bonds. The Bertz CT molecular complexity index is 1270. The number of rotatable bonds is 3. The van der Waals surface area contributed by atoms with Crippen molar-refractivity contribution in [1.29, 1.82) is 5.26 Å². The molecule has 34 heavy (non-hydrogen) atoms. The topological polar surface area (TPSA) is 86.1 Å². The standard InChI is InChI=1S/C26H31N7O/c1-17-13-31(23-6-4-20(12-27)33-24(23)7-9-29-33)15-25-21-5-3-19(11-18(21)14-32(17)25)30-10-8-22(28)26(16-30)34-2/h3-4,6-7,9,11,17,22,26H,5,8,10,13-16,28H2,1-2H3/t17-,22+,26-/m1/s1. The normalized spacial score (nSPS) is 26.9. The number of piperazine rings is 1. The van der Waals surface area contributed by atoms with Gasteiger partial charge in [0.15, 0.2) is 0 Å². The maximum absolute atomic E-state index is 9.44. The molecule has 2 N–H and O–H groups in total. The SMILES string of the molecule is CO[C@@H]1CN(C2=CCC3=C4CN(c5ccc(C#N)n6nccc56)C[C@@H](C)N4CC3=C2)CC[C@@H]1N. The number of nitrogens with zero attached hydrogens (tertiary/aromatic N) is 6. The van der Waals surface area contributed by atoms with Gasteiger partial charge in [-0.1, -0.05) is 6.08 Å². The van der Waals surface area contributed by atoms with E-state index in [1.165, 1.54) is 22.5 Å². The van der Waals surface area contributed by atoms with E-state index in [0.29, 0.717) is 11.7 Å². The minimum atomic E-state index is 0.0871. The molecule has 1 aliphatic carbocycles. The second-order valence-electron chi connectivity index (χ2n) is 9.80. The van der Waals surface area contributed by atoms with E-state index >= 15 is 0 Å². The molecule has 0 radical (unpaired) electrons. The molecule has 0 unspecified atom stereocenters. The van der Waals surface area contributed by atoms with Gasteiger partial charge in [-0.25, -0.2) is 4.52 Å². The highest BCUT2D eigenvalue weighted by atomic mass is 16.5. The monoisotopic (exact) mass is 457 g/mol. The number of likely N-dealkylation sites (tertiary alicyclic amines) is 1. The van der Waals surface area contributed by atoms with Crippen LogP contribution in [0.3, 0.4) is 0 Å². The molecule has 6 rings (SSSR count). The predicted octanol–water partition coefficient (Wildman–Crippen LogP) is 2.25. The van der Waals surface area contributed by atoms with Crippen molar-refractivity contribution in [2.75, 3.05) is 44.7 Å². The Morgan fingerprint density at radius 1 is 1.18 bits per heavy atom. The Hall–Kier alpha value is -3.28. The van der Waals surface area contributed by atoms with Crippen LogP contribution in [0, 0.1) is 11.3 Å². The molecule has 2 aromatic rings. The molecular formula is C26H31N7O. The molecule has 5 heterocycles. The van der Waals surface area contributed by atoms with Crippen LogP contribution in [0.2, 0.25) is 0 Å². The number of anilines is 1. The van der Waals surface area contributed by atoms with Crippen molar-refractivity contribution in [2.24, 2.45) is 5.73 Å². The molecule has 2 fully saturated rings. The van der Waals surface area contributed by atoms with Gasteiger partial charge in [-0.05, 0) is 55.2 Å². The zero-order valence-corrected chi connectivity index (χ0v) is 19.8.